The Morgan fingerprint density at radius 3 is 2.92 bits per heavy atom. The number of aliphatic imine (C=N–C) groups is 1. The Hall–Kier alpha value is -0.540. The number of aromatic nitrogens is 1. The summed E-state index contributed by atoms with van der Waals surface area (Å²) in [5, 5.41) is 9.02. The molecule has 0 aliphatic heterocycles. The number of nitrogens with zero attached hydrogens (tertiary/aromatic N) is 2. The predicted octanol–water partition coefficient (Wildman–Crippen LogP) is 4.69. The van der Waals surface area contributed by atoms with Gasteiger partial charge in [0.15, 0.2) is 5.96 Å². The van der Waals surface area contributed by atoms with Gasteiger partial charge in [-0.05, 0) is 51.0 Å². The van der Waals surface area contributed by atoms with Crippen LogP contribution in [-0.4, -0.2) is 41.6 Å². The number of guanidine groups is 1. The van der Waals surface area contributed by atoms with E-state index in [0.717, 1.165) is 42.7 Å². The summed E-state index contributed by atoms with van der Waals surface area (Å²) in [6, 6.07) is 8.93. The van der Waals surface area contributed by atoms with Gasteiger partial charge in [-0.2, -0.15) is 11.8 Å². The van der Waals surface area contributed by atoms with E-state index in [1.54, 1.807) is 11.3 Å². The first kappa shape index (κ1) is 21.8. The summed E-state index contributed by atoms with van der Waals surface area (Å²) in [6.45, 7) is 3.87. The monoisotopic (exact) mass is 504 g/mol. The van der Waals surface area contributed by atoms with E-state index in [9.17, 15) is 0 Å². The van der Waals surface area contributed by atoms with Gasteiger partial charge in [0.25, 0.3) is 0 Å². The number of thioether (sulfide) groups is 1. The van der Waals surface area contributed by atoms with Crippen LogP contribution in [0.2, 0.25) is 0 Å². The first-order valence-electron chi connectivity index (χ1n) is 9.20. The van der Waals surface area contributed by atoms with Crippen LogP contribution in [0.3, 0.4) is 0 Å². The molecule has 4 nitrogen and oxygen atoms in total. The fourth-order valence-corrected chi connectivity index (χ4v) is 5.05. The normalized spacial score (nSPS) is 20.2. The largest absolute Gasteiger partial charge is 0.357 e. The number of rotatable bonds is 7. The predicted molar refractivity (Wildman–Crippen MR) is 127 cm³/mol. The molecule has 0 saturated heterocycles. The van der Waals surface area contributed by atoms with Crippen molar-refractivity contribution in [3.63, 3.8) is 0 Å². The molecule has 0 radical (unpaired) electrons. The zero-order valence-corrected chi connectivity index (χ0v) is 19.5. The van der Waals surface area contributed by atoms with Crippen molar-refractivity contribution < 1.29 is 0 Å². The molecule has 2 aromatic rings. The van der Waals surface area contributed by atoms with Crippen LogP contribution in [0, 0.1) is 0 Å². The van der Waals surface area contributed by atoms with Crippen LogP contribution >= 0.6 is 47.1 Å². The standard InChI is InChI=1S/C19H28N4S2.HI/c1-3-20-19(22-14-10-11-15(13-14)24-2)21-12-6-9-18-23-16-7-4-5-8-17(16)25-18;/h4-5,7-8,14-15H,3,6,9-13H2,1-2H3,(H2,20,21,22);1H. The number of benzene rings is 1. The van der Waals surface area contributed by atoms with Crippen molar-refractivity contribution in [3.05, 3.63) is 29.3 Å². The second kappa shape index (κ2) is 11.3. The molecular formula is C19H29IN4S2. The first-order chi connectivity index (χ1) is 12.3. The number of halogens is 1. The third-order valence-corrected chi connectivity index (χ3v) is 6.75. The molecule has 1 fully saturated rings. The van der Waals surface area contributed by atoms with Crippen molar-refractivity contribution in [2.24, 2.45) is 4.99 Å². The summed E-state index contributed by atoms with van der Waals surface area (Å²) in [7, 11) is 0. The summed E-state index contributed by atoms with van der Waals surface area (Å²) in [5.41, 5.74) is 1.12. The van der Waals surface area contributed by atoms with Crippen LogP contribution in [0.1, 0.15) is 37.6 Å². The fraction of sp³-hybridized carbons (Fsp3) is 0.579. The van der Waals surface area contributed by atoms with Crippen molar-refractivity contribution in [2.45, 2.75) is 50.3 Å². The molecule has 3 rings (SSSR count). The van der Waals surface area contributed by atoms with Gasteiger partial charge in [-0.1, -0.05) is 12.1 Å². The molecule has 2 unspecified atom stereocenters. The van der Waals surface area contributed by atoms with E-state index in [-0.39, 0.29) is 24.0 Å². The maximum Gasteiger partial charge on any atom is 0.191 e. The topological polar surface area (TPSA) is 49.3 Å². The average Bonchev–Trinajstić information content (AvgIpc) is 3.24. The molecule has 26 heavy (non-hydrogen) atoms. The molecule has 0 bridgehead atoms. The van der Waals surface area contributed by atoms with Crippen molar-refractivity contribution in [2.75, 3.05) is 19.3 Å². The highest BCUT2D eigenvalue weighted by Gasteiger charge is 2.24. The zero-order chi connectivity index (χ0) is 17.5. The lowest BCUT2D eigenvalue weighted by Crippen LogP contribution is -2.42. The summed E-state index contributed by atoms with van der Waals surface area (Å²) in [6.07, 6.45) is 8.07. The van der Waals surface area contributed by atoms with E-state index in [4.69, 9.17) is 9.98 Å². The van der Waals surface area contributed by atoms with Gasteiger partial charge in [0.2, 0.25) is 0 Å². The Morgan fingerprint density at radius 2 is 2.19 bits per heavy atom. The quantitative estimate of drug-likeness (QED) is 0.249. The minimum absolute atomic E-state index is 0. The number of aryl methyl sites for hydroxylation is 1. The van der Waals surface area contributed by atoms with E-state index in [1.807, 2.05) is 11.8 Å². The lowest BCUT2D eigenvalue weighted by Gasteiger charge is -2.17. The van der Waals surface area contributed by atoms with Gasteiger partial charge in [-0.15, -0.1) is 35.3 Å². The number of hydrogen-bond donors (Lipinski definition) is 2. The third kappa shape index (κ3) is 6.27. The second-order valence-electron chi connectivity index (χ2n) is 6.45. The summed E-state index contributed by atoms with van der Waals surface area (Å²) in [5.74, 6) is 0.971. The maximum absolute atomic E-state index is 4.76. The van der Waals surface area contributed by atoms with E-state index >= 15 is 0 Å². The Balaban J connectivity index is 0.00000243. The van der Waals surface area contributed by atoms with Gasteiger partial charge in [0, 0.05) is 30.8 Å². The fourth-order valence-electron chi connectivity index (χ4n) is 3.25. The molecule has 0 spiro atoms. The molecular weight excluding hydrogens is 475 g/mol. The Kier molecular flexibility index (Phi) is 9.49. The molecule has 1 heterocycles. The lowest BCUT2D eigenvalue weighted by molar-refractivity contribution is 0.614. The van der Waals surface area contributed by atoms with E-state index in [2.05, 4.69) is 48.1 Å². The van der Waals surface area contributed by atoms with Crippen molar-refractivity contribution in [3.8, 4) is 0 Å². The highest BCUT2D eigenvalue weighted by molar-refractivity contribution is 14.0. The van der Waals surface area contributed by atoms with E-state index in [0.29, 0.717) is 6.04 Å². The third-order valence-electron chi connectivity index (χ3n) is 4.56. The van der Waals surface area contributed by atoms with Crippen LogP contribution < -0.4 is 10.6 Å². The van der Waals surface area contributed by atoms with Gasteiger partial charge in [0.05, 0.1) is 15.2 Å². The average molecular weight is 505 g/mol. The first-order valence-corrected chi connectivity index (χ1v) is 11.3. The zero-order valence-electron chi connectivity index (χ0n) is 15.5. The van der Waals surface area contributed by atoms with Crippen LogP contribution in [0.15, 0.2) is 29.3 Å². The van der Waals surface area contributed by atoms with Gasteiger partial charge in [-0.3, -0.25) is 4.99 Å². The van der Waals surface area contributed by atoms with Gasteiger partial charge < -0.3 is 10.6 Å². The molecule has 1 aromatic carbocycles. The van der Waals surface area contributed by atoms with E-state index < -0.39 is 0 Å². The number of fused-ring (bicyclic) bond motifs is 1. The number of nitrogens with one attached hydrogen (secondary N) is 2. The number of para-hydroxylation sites is 1. The van der Waals surface area contributed by atoms with Crippen LogP contribution in [0.4, 0.5) is 0 Å². The van der Waals surface area contributed by atoms with E-state index in [1.165, 1.54) is 29.0 Å². The maximum atomic E-state index is 4.76. The molecule has 7 heteroatoms. The van der Waals surface area contributed by atoms with Crippen molar-refractivity contribution in [1.29, 1.82) is 0 Å². The molecule has 144 valence electrons. The lowest BCUT2D eigenvalue weighted by atomic mass is 10.2. The van der Waals surface area contributed by atoms with Gasteiger partial charge >= 0.3 is 0 Å². The molecule has 1 aromatic heterocycles. The summed E-state index contributed by atoms with van der Waals surface area (Å²) >= 11 is 3.79. The molecule has 2 N–H and O–H groups in total. The molecule has 1 aliphatic carbocycles. The summed E-state index contributed by atoms with van der Waals surface area (Å²) < 4.78 is 1.28. The molecule has 1 aliphatic rings. The van der Waals surface area contributed by atoms with Crippen LogP contribution in [-0.2, 0) is 6.42 Å². The number of hydrogen-bond acceptors (Lipinski definition) is 4. The SMILES string of the molecule is CCNC(=NCCCc1nc2ccccc2s1)NC1CCC(SC)C1.I. The minimum Gasteiger partial charge on any atom is -0.357 e. The smallest absolute Gasteiger partial charge is 0.191 e. The number of thiazole rings is 1. The highest BCUT2D eigenvalue weighted by Crippen LogP contribution is 2.28. The van der Waals surface area contributed by atoms with Crippen molar-refractivity contribution in [1.82, 2.24) is 15.6 Å². The highest BCUT2D eigenvalue weighted by atomic mass is 127. The van der Waals surface area contributed by atoms with Crippen LogP contribution in [0.25, 0.3) is 10.2 Å². The molecule has 0 amide bonds. The van der Waals surface area contributed by atoms with Crippen LogP contribution in [0.5, 0.6) is 0 Å². The second-order valence-corrected chi connectivity index (χ2v) is 8.70. The summed E-state index contributed by atoms with van der Waals surface area (Å²) in [4.78, 5) is 9.46. The van der Waals surface area contributed by atoms with Crippen molar-refractivity contribution >= 4 is 63.3 Å². The Bertz CT molecular complexity index is 671. The Morgan fingerprint density at radius 1 is 1.35 bits per heavy atom. The van der Waals surface area contributed by atoms with Gasteiger partial charge in [0.1, 0.15) is 0 Å². The molecule has 1 saturated carbocycles. The molecule has 2 atom stereocenters. The Labute approximate surface area is 182 Å². The van der Waals surface area contributed by atoms with Gasteiger partial charge in [-0.25, -0.2) is 4.98 Å². The minimum atomic E-state index is 0.